The zero-order chi connectivity index (χ0) is 21.1. The molecule has 1 atom stereocenters. The van der Waals surface area contributed by atoms with Gasteiger partial charge in [-0.05, 0) is 24.0 Å². The highest BCUT2D eigenvalue weighted by Crippen LogP contribution is 2.39. The number of carbonyl (C=O) groups is 2. The maximum Gasteiger partial charge on any atom is 0.407 e. The van der Waals surface area contributed by atoms with Crippen molar-refractivity contribution in [2.24, 2.45) is 5.92 Å². The van der Waals surface area contributed by atoms with Crippen LogP contribution in [-0.4, -0.2) is 51.8 Å². The molecule has 1 amide bonds. The van der Waals surface area contributed by atoms with Gasteiger partial charge in [0.1, 0.15) is 6.10 Å². The quantitative estimate of drug-likeness (QED) is 0.524. The number of rotatable bonds is 5. The maximum atomic E-state index is 12.8. The summed E-state index contributed by atoms with van der Waals surface area (Å²) in [6, 6.07) is 10.1. The van der Waals surface area contributed by atoms with Gasteiger partial charge in [0.15, 0.2) is 17.3 Å². The van der Waals surface area contributed by atoms with Crippen molar-refractivity contribution in [3.63, 3.8) is 0 Å². The van der Waals surface area contributed by atoms with Gasteiger partial charge in [-0.3, -0.25) is 4.79 Å². The van der Waals surface area contributed by atoms with Crippen LogP contribution in [0.1, 0.15) is 47.0 Å². The summed E-state index contributed by atoms with van der Waals surface area (Å²) in [4.78, 5) is 25.2. The van der Waals surface area contributed by atoms with Gasteiger partial charge in [0.2, 0.25) is 0 Å². The predicted molar refractivity (Wildman–Crippen MR) is 106 cm³/mol. The zero-order valence-electron chi connectivity index (χ0n) is 16.5. The lowest BCUT2D eigenvalue weighted by Crippen LogP contribution is -2.41. The lowest BCUT2D eigenvalue weighted by molar-refractivity contribution is -0.0242. The Morgan fingerprint density at radius 1 is 1.10 bits per heavy atom. The summed E-state index contributed by atoms with van der Waals surface area (Å²) >= 11 is 0. The molecule has 7 nitrogen and oxygen atoms in total. The average molecular weight is 399 g/mol. The van der Waals surface area contributed by atoms with E-state index in [9.17, 15) is 19.8 Å². The van der Waals surface area contributed by atoms with Crippen molar-refractivity contribution in [1.29, 1.82) is 0 Å². The topological polar surface area (TPSA) is 107 Å². The van der Waals surface area contributed by atoms with Gasteiger partial charge in [-0.2, -0.15) is 0 Å². The standard InChI is InChI=1S/C22H25NO6/c1-13(2)11-14-3-5-15(6-4-14)19(24)17-8-7-16(20(25)21(17)26)18-12-23(22(27)28)9-10-29-18/h3-8,13,18,25-26H,9-12H2,1-2H3,(H,27,28). The van der Waals surface area contributed by atoms with Crippen LogP contribution in [0.25, 0.3) is 0 Å². The van der Waals surface area contributed by atoms with Crippen LogP contribution in [0.15, 0.2) is 36.4 Å². The first-order chi connectivity index (χ1) is 13.8. The number of nitrogens with zero attached hydrogens (tertiary/aromatic N) is 1. The van der Waals surface area contributed by atoms with Crippen LogP contribution in [-0.2, 0) is 11.2 Å². The molecule has 3 N–H and O–H groups in total. The van der Waals surface area contributed by atoms with Crippen molar-refractivity contribution in [2.75, 3.05) is 19.7 Å². The Balaban J connectivity index is 1.83. The third-order valence-corrected chi connectivity index (χ3v) is 4.97. The molecule has 1 saturated heterocycles. The van der Waals surface area contributed by atoms with Crippen LogP contribution < -0.4 is 0 Å². The van der Waals surface area contributed by atoms with Crippen molar-refractivity contribution in [1.82, 2.24) is 4.90 Å². The van der Waals surface area contributed by atoms with E-state index >= 15 is 0 Å². The van der Waals surface area contributed by atoms with E-state index in [0.29, 0.717) is 11.5 Å². The number of carboxylic acid groups (broad SMARTS) is 1. The van der Waals surface area contributed by atoms with E-state index in [2.05, 4.69) is 13.8 Å². The Hall–Kier alpha value is -3.06. The van der Waals surface area contributed by atoms with Crippen molar-refractivity contribution >= 4 is 11.9 Å². The van der Waals surface area contributed by atoms with Crippen molar-refractivity contribution in [3.8, 4) is 11.5 Å². The first-order valence-electron chi connectivity index (χ1n) is 9.55. The van der Waals surface area contributed by atoms with Crippen molar-refractivity contribution < 1.29 is 29.6 Å². The smallest absolute Gasteiger partial charge is 0.407 e. The molecule has 154 valence electrons. The molecule has 29 heavy (non-hydrogen) atoms. The van der Waals surface area contributed by atoms with Crippen LogP contribution in [0.5, 0.6) is 11.5 Å². The number of phenolic OH excluding ortho intramolecular Hbond substituents is 2. The minimum atomic E-state index is -1.07. The first-order valence-corrected chi connectivity index (χ1v) is 9.55. The second-order valence-corrected chi connectivity index (χ2v) is 7.61. The molecule has 0 radical (unpaired) electrons. The molecule has 1 unspecified atom stereocenters. The van der Waals surface area contributed by atoms with Gasteiger partial charge in [0.25, 0.3) is 0 Å². The number of ether oxygens (including phenoxy) is 1. The number of hydrogen-bond donors (Lipinski definition) is 3. The summed E-state index contributed by atoms with van der Waals surface area (Å²) in [5.41, 5.74) is 1.76. The van der Waals surface area contributed by atoms with E-state index < -0.39 is 29.5 Å². The average Bonchev–Trinajstić information content (AvgIpc) is 2.69. The van der Waals surface area contributed by atoms with Crippen molar-refractivity contribution in [2.45, 2.75) is 26.4 Å². The number of morpholine rings is 1. The molecule has 0 aliphatic carbocycles. The number of hydrogen-bond acceptors (Lipinski definition) is 5. The molecule has 1 fully saturated rings. The highest BCUT2D eigenvalue weighted by Gasteiger charge is 2.29. The van der Waals surface area contributed by atoms with Gasteiger partial charge < -0.3 is 25.0 Å². The summed E-state index contributed by atoms with van der Waals surface area (Å²) < 4.78 is 5.55. The zero-order valence-corrected chi connectivity index (χ0v) is 16.5. The third-order valence-electron chi connectivity index (χ3n) is 4.97. The highest BCUT2D eigenvalue weighted by atomic mass is 16.5. The van der Waals surface area contributed by atoms with E-state index in [0.717, 1.165) is 12.0 Å². The molecule has 0 saturated carbocycles. The van der Waals surface area contributed by atoms with E-state index in [-0.39, 0.29) is 30.8 Å². The molecule has 2 aromatic rings. The molecule has 1 heterocycles. The number of benzene rings is 2. The summed E-state index contributed by atoms with van der Waals surface area (Å²) in [6.07, 6.45) is -0.885. The Morgan fingerprint density at radius 3 is 2.41 bits per heavy atom. The third kappa shape index (κ3) is 4.51. The number of amides is 1. The first kappa shape index (κ1) is 20.7. The molecular weight excluding hydrogens is 374 g/mol. The van der Waals surface area contributed by atoms with Gasteiger partial charge in [0.05, 0.1) is 18.7 Å². The molecule has 3 rings (SSSR count). The molecule has 7 heteroatoms. The monoisotopic (exact) mass is 399 g/mol. The number of aromatic hydroxyl groups is 2. The van der Waals surface area contributed by atoms with Crippen LogP contribution in [0.4, 0.5) is 4.79 Å². The Labute approximate surface area is 169 Å². The fraction of sp³-hybridized carbons (Fsp3) is 0.364. The lowest BCUT2D eigenvalue weighted by atomic mass is 9.96. The number of carbonyl (C=O) groups excluding carboxylic acids is 1. The number of phenols is 2. The van der Waals surface area contributed by atoms with Crippen LogP contribution >= 0.6 is 0 Å². The summed E-state index contributed by atoms with van der Waals surface area (Å²) in [6.45, 7) is 4.69. The SMILES string of the molecule is CC(C)Cc1ccc(C(=O)c2ccc(C3CN(C(=O)O)CCO3)c(O)c2O)cc1. The minimum Gasteiger partial charge on any atom is -0.504 e. The molecule has 0 bridgehead atoms. The number of ketones is 1. The lowest BCUT2D eigenvalue weighted by Gasteiger charge is -2.31. The van der Waals surface area contributed by atoms with Crippen LogP contribution in [0.3, 0.4) is 0 Å². The summed E-state index contributed by atoms with van der Waals surface area (Å²) in [7, 11) is 0. The Morgan fingerprint density at radius 2 is 1.79 bits per heavy atom. The maximum absolute atomic E-state index is 12.8. The fourth-order valence-corrected chi connectivity index (χ4v) is 3.47. The minimum absolute atomic E-state index is 0.0197. The van der Waals surface area contributed by atoms with E-state index in [1.54, 1.807) is 12.1 Å². The molecule has 0 aromatic heterocycles. The fourth-order valence-electron chi connectivity index (χ4n) is 3.47. The van der Waals surface area contributed by atoms with E-state index in [1.165, 1.54) is 17.0 Å². The second kappa shape index (κ2) is 8.53. The van der Waals surface area contributed by atoms with Gasteiger partial charge in [-0.15, -0.1) is 0 Å². The predicted octanol–water partition coefficient (Wildman–Crippen LogP) is 3.58. The molecule has 2 aromatic carbocycles. The largest absolute Gasteiger partial charge is 0.504 e. The molecular formula is C22H25NO6. The van der Waals surface area contributed by atoms with Gasteiger partial charge >= 0.3 is 6.09 Å². The normalized spacial score (nSPS) is 16.8. The van der Waals surface area contributed by atoms with E-state index in [4.69, 9.17) is 9.84 Å². The van der Waals surface area contributed by atoms with Crippen LogP contribution in [0.2, 0.25) is 0 Å². The summed E-state index contributed by atoms with van der Waals surface area (Å²) in [5.74, 6) is -0.902. The Kier molecular flexibility index (Phi) is 6.08. The van der Waals surface area contributed by atoms with E-state index in [1.807, 2.05) is 12.1 Å². The van der Waals surface area contributed by atoms with Gasteiger partial charge in [0, 0.05) is 17.7 Å². The van der Waals surface area contributed by atoms with Gasteiger partial charge in [-0.25, -0.2) is 4.79 Å². The van der Waals surface area contributed by atoms with Crippen LogP contribution in [0, 0.1) is 5.92 Å². The second-order valence-electron chi connectivity index (χ2n) is 7.61. The van der Waals surface area contributed by atoms with Gasteiger partial charge in [-0.1, -0.05) is 44.2 Å². The Bertz CT molecular complexity index is 906. The molecule has 1 aliphatic rings. The summed E-state index contributed by atoms with van der Waals surface area (Å²) in [5, 5.41) is 30.0. The molecule has 1 aliphatic heterocycles. The highest BCUT2D eigenvalue weighted by molar-refractivity contribution is 6.11. The van der Waals surface area contributed by atoms with Crippen molar-refractivity contribution in [3.05, 3.63) is 58.7 Å². The molecule has 0 spiro atoms.